The number of carbonyl (C=O) groups is 1. The van der Waals surface area contributed by atoms with Crippen LogP contribution in [-0.4, -0.2) is 18.2 Å². The summed E-state index contributed by atoms with van der Waals surface area (Å²) in [6, 6.07) is 2.18. The smallest absolute Gasteiger partial charge is 0.309 e. The number of hydrogen-bond acceptors (Lipinski definition) is 2. The summed E-state index contributed by atoms with van der Waals surface area (Å²) < 4.78 is 32.0. The number of halogens is 2. The molecule has 0 fully saturated rings. The lowest BCUT2D eigenvalue weighted by molar-refractivity contribution is -0.147. The number of hydrogen-bond donors (Lipinski definition) is 1. The van der Waals surface area contributed by atoms with Gasteiger partial charge in [-0.1, -0.05) is 0 Å². The molecular formula is C13H16F2O3. The molecule has 0 aromatic heterocycles. The maximum absolute atomic E-state index is 13.6. The van der Waals surface area contributed by atoms with Crippen LogP contribution in [0.25, 0.3) is 0 Å². The predicted octanol–water partition coefficient (Wildman–Crippen LogP) is 3.02. The van der Waals surface area contributed by atoms with Crippen molar-refractivity contribution in [3.05, 3.63) is 29.3 Å². The first-order valence-electron chi connectivity index (χ1n) is 5.53. The Morgan fingerprint density at radius 3 is 2.22 bits per heavy atom. The fourth-order valence-corrected chi connectivity index (χ4v) is 1.48. The molecule has 0 spiro atoms. The highest BCUT2D eigenvalue weighted by atomic mass is 19.1. The van der Waals surface area contributed by atoms with Crippen molar-refractivity contribution in [3.8, 4) is 5.75 Å². The van der Waals surface area contributed by atoms with Gasteiger partial charge in [-0.15, -0.1) is 0 Å². The van der Waals surface area contributed by atoms with Crippen LogP contribution in [0.3, 0.4) is 0 Å². The molecule has 0 atom stereocenters. The number of aliphatic carboxylic acids is 1. The average molecular weight is 258 g/mol. The van der Waals surface area contributed by atoms with Crippen LogP contribution in [0.4, 0.5) is 8.78 Å². The standard InChI is InChI=1S/C13H16F2O3/c1-13(2,12(16)17)5-4-9-10(14)6-8(18-3)7-11(9)15/h6-7H,4-5H2,1-3H3,(H,16,17). The number of benzene rings is 1. The van der Waals surface area contributed by atoms with Crippen molar-refractivity contribution in [3.63, 3.8) is 0 Å². The Morgan fingerprint density at radius 2 is 1.83 bits per heavy atom. The van der Waals surface area contributed by atoms with Crippen LogP contribution in [0.15, 0.2) is 12.1 Å². The second kappa shape index (κ2) is 5.33. The minimum absolute atomic E-state index is 0.0287. The van der Waals surface area contributed by atoms with Crippen molar-refractivity contribution >= 4 is 5.97 Å². The monoisotopic (exact) mass is 258 g/mol. The second-order valence-corrected chi connectivity index (χ2v) is 4.76. The van der Waals surface area contributed by atoms with Gasteiger partial charge in [-0.3, -0.25) is 4.79 Å². The van der Waals surface area contributed by atoms with E-state index in [1.807, 2.05) is 0 Å². The lowest BCUT2D eigenvalue weighted by atomic mass is 9.86. The van der Waals surface area contributed by atoms with Crippen molar-refractivity contribution in [2.24, 2.45) is 5.41 Å². The third-order valence-electron chi connectivity index (χ3n) is 2.93. The van der Waals surface area contributed by atoms with Gasteiger partial charge >= 0.3 is 5.97 Å². The molecular weight excluding hydrogens is 242 g/mol. The van der Waals surface area contributed by atoms with Crippen LogP contribution < -0.4 is 4.74 Å². The van der Waals surface area contributed by atoms with Gasteiger partial charge < -0.3 is 9.84 Å². The fraction of sp³-hybridized carbons (Fsp3) is 0.462. The van der Waals surface area contributed by atoms with Crippen LogP contribution in [-0.2, 0) is 11.2 Å². The Bertz CT molecular complexity index is 433. The first kappa shape index (κ1) is 14.4. The highest BCUT2D eigenvalue weighted by Gasteiger charge is 2.27. The maximum Gasteiger partial charge on any atom is 0.309 e. The van der Waals surface area contributed by atoms with E-state index in [0.29, 0.717) is 0 Å². The zero-order valence-corrected chi connectivity index (χ0v) is 10.6. The van der Waals surface area contributed by atoms with Gasteiger partial charge in [0, 0.05) is 17.7 Å². The Kier molecular flexibility index (Phi) is 4.27. The quantitative estimate of drug-likeness (QED) is 0.883. The summed E-state index contributed by atoms with van der Waals surface area (Å²) in [5.41, 5.74) is -1.12. The molecule has 18 heavy (non-hydrogen) atoms. The molecule has 5 heteroatoms. The summed E-state index contributed by atoms with van der Waals surface area (Å²) in [6.07, 6.45) is 0.184. The lowest BCUT2D eigenvalue weighted by Gasteiger charge is -2.19. The summed E-state index contributed by atoms with van der Waals surface area (Å²) in [5.74, 6) is -2.32. The highest BCUT2D eigenvalue weighted by Crippen LogP contribution is 2.27. The number of carboxylic acid groups (broad SMARTS) is 1. The Morgan fingerprint density at radius 1 is 1.33 bits per heavy atom. The minimum atomic E-state index is -1.02. The van der Waals surface area contributed by atoms with Gasteiger partial charge in [0.1, 0.15) is 17.4 Å². The van der Waals surface area contributed by atoms with Crippen LogP contribution >= 0.6 is 0 Å². The number of methoxy groups -OCH3 is 1. The van der Waals surface area contributed by atoms with Crippen molar-refractivity contribution < 1.29 is 23.4 Å². The molecule has 0 saturated heterocycles. The Hall–Kier alpha value is -1.65. The molecule has 0 heterocycles. The molecule has 3 nitrogen and oxygen atoms in total. The maximum atomic E-state index is 13.6. The van der Waals surface area contributed by atoms with E-state index in [1.54, 1.807) is 0 Å². The normalized spacial score (nSPS) is 11.4. The summed E-state index contributed by atoms with van der Waals surface area (Å²) in [7, 11) is 1.32. The molecule has 100 valence electrons. The molecule has 0 aliphatic heterocycles. The van der Waals surface area contributed by atoms with Gasteiger partial charge in [0.2, 0.25) is 0 Å². The van der Waals surface area contributed by atoms with E-state index in [9.17, 15) is 13.6 Å². The molecule has 0 aliphatic carbocycles. The molecule has 0 radical (unpaired) electrons. The van der Waals surface area contributed by atoms with E-state index in [0.717, 1.165) is 12.1 Å². The number of carboxylic acids is 1. The van der Waals surface area contributed by atoms with Crippen molar-refractivity contribution in [1.29, 1.82) is 0 Å². The molecule has 0 amide bonds. The average Bonchev–Trinajstić information content (AvgIpc) is 2.27. The summed E-state index contributed by atoms with van der Waals surface area (Å²) >= 11 is 0. The van der Waals surface area contributed by atoms with Crippen LogP contribution in [0.2, 0.25) is 0 Å². The van der Waals surface area contributed by atoms with Gasteiger partial charge in [-0.2, -0.15) is 0 Å². The molecule has 1 aromatic rings. The van der Waals surface area contributed by atoms with E-state index in [1.165, 1.54) is 21.0 Å². The van der Waals surface area contributed by atoms with Crippen molar-refractivity contribution in [1.82, 2.24) is 0 Å². The second-order valence-electron chi connectivity index (χ2n) is 4.76. The minimum Gasteiger partial charge on any atom is -0.497 e. The predicted molar refractivity (Wildman–Crippen MR) is 62.6 cm³/mol. The molecule has 0 aliphatic rings. The number of rotatable bonds is 5. The van der Waals surface area contributed by atoms with Crippen molar-refractivity contribution in [2.45, 2.75) is 26.7 Å². The Labute approximate surface area is 104 Å². The van der Waals surface area contributed by atoms with E-state index in [2.05, 4.69) is 0 Å². The molecule has 0 unspecified atom stereocenters. The third-order valence-corrected chi connectivity index (χ3v) is 2.93. The van der Waals surface area contributed by atoms with Crippen LogP contribution in [0, 0.1) is 17.0 Å². The van der Waals surface area contributed by atoms with Gasteiger partial charge in [0.05, 0.1) is 12.5 Å². The highest BCUT2D eigenvalue weighted by molar-refractivity contribution is 5.73. The van der Waals surface area contributed by atoms with Gasteiger partial charge in [-0.25, -0.2) is 8.78 Å². The van der Waals surface area contributed by atoms with E-state index in [-0.39, 0.29) is 24.2 Å². The van der Waals surface area contributed by atoms with Gasteiger partial charge in [0.25, 0.3) is 0 Å². The zero-order valence-electron chi connectivity index (χ0n) is 10.6. The SMILES string of the molecule is COc1cc(F)c(CCC(C)(C)C(=O)O)c(F)c1. The lowest BCUT2D eigenvalue weighted by Crippen LogP contribution is -2.24. The van der Waals surface area contributed by atoms with Crippen molar-refractivity contribution in [2.75, 3.05) is 7.11 Å². The summed E-state index contributed by atoms with van der Waals surface area (Å²) in [5, 5.41) is 8.93. The summed E-state index contributed by atoms with van der Waals surface area (Å²) in [4.78, 5) is 10.9. The van der Waals surface area contributed by atoms with E-state index >= 15 is 0 Å². The fourth-order valence-electron chi connectivity index (χ4n) is 1.48. The largest absolute Gasteiger partial charge is 0.497 e. The molecule has 1 aromatic carbocycles. The Balaban J connectivity index is 2.89. The van der Waals surface area contributed by atoms with Crippen LogP contribution in [0.5, 0.6) is 5.75 Å². The molecule has 0 bridgehead atoms. The first-order valence-corrected chi connectivity index (χ1v) is 5.53. The van der Waals surface area contributed by atoms with E-state index < -0.39 is 23.0 Å². The van der Waals surface area contributed by atoms with Crippen LogP contribution in [0.1, 0.15) is 25.8 Å². The van der Waals surface area contributed by atoms with Gasteiger partial charge in [-0.05, 0) is 26.7 Å². The van der Waals surface area contributed by atoms with Gasteiger partial charge in [0.15, 0.2) is 0 Å². The topological polar surface area (TPSA) is 46.5 Å². The molecule has 1 rings (SSSR count). The third kappa shape index (κ3) is 3.18. The molecule has 0 saturated carbocycles. The zero-order chi connectivity index (χ0) is 13.9. The molecule has 1 N–H and O–H groups in total. The summed E-state index contributed by atoms with van der Waals surface area (Å²) in [6.45, 7) is 3.04. The number of ether oxygens (including phenoxy) is 1. The van der Waals surface area contributed by atoms with E-state index in [4.69, 9.17) is 9.84 Å². The first-order chi connectivity index (χ1) is 8.27.